The van der Waals surface area contributed by atoms with Gasteiger partial charge in [0.1, 0.15) is 6.04 Å². The third kappa shape index (κ3) is 5.57. The molecule has 0 bridgehead atoms. The predicted octanol–water partition coefficient (Wildman–Crippen LogP) is 3.19. The van der Waals surface area contributed by atoms with Crippen molar-refractivity contribution in [2.45, 2.75) is 65.5 Å². The Morgan fingerprint density at radius 2 is 1.79 bits per heavy atom. The van der Waals surface area contributed by atoms with E-state index >= 15 is 0 Å². The minimum Gasteiger partial charge on any atom is -0.384 e. The molecule has 1 aromatic rings. The van der Waals surface area contributed by atoms with Gasteiger partial charge in [-0.05, 0) is 42.4 Å². The zero-order valence-corrected chi connectivity index (χ0v) is 21.7. The number of benzene rings is 1. The Hall–Kier alpha value is -2.12. The molecule has 2 saturated heterocycles. The molecular formula is C26H38ClN3O4. The molecule has 8 heteroatoms. The summed E-state index contributed by atoms with van der Waals surface area (Å²) in [5.41, 5.74) is -0.894. The first kappa shape index (κ1) is 26.5. The Bertz CT molecular complexity index is 917. The summed E-state index contributed by atoms with van der Waals surface area (Å²) in [6, 6.07) is 6.60. The van der Waals surface area contributed by atoms with Crippen LogP contribution in [0.25, 0.3) is 0 Å². The Kier molecular flexibility index (Phi) is 7.98. The van der Waals surface area contributed by atoms with Crippen LogP contribution < -0.4 is 5.32 Å². The number of nitrogens with one attached hydrogen (secondary N) is 1. The second-order valence-corrected chi connectivity index (χ2v) is 11.3. The van der Waals surface area contributed by atoms with E-state index in [0.717, 1.165) is 12.0 Å². The lowest BCUT2D eigenvalue weighted by Gasteiger charge is -2.51. The minimum atomic E-state index is -1.09. The van der Waals surface area contributed by atoms with Crippen LogP contribution in [0.3, 0.4) is 0 Å². The van der Waals surface area contributed by atoms with Crippen LogP contribution in [0.1, 0.15) is 59.4 Å². The van der Waals surface area contributed by atoms with Crippen LogP contribution in [0.15, 0.2) is 24.3 Å². The predicted molar refractivity (Wildman–Crippen MR) is 132 cm³/mol. The van der Waals surface area contributed by atoms with Gasteiger partial charge < -0.3 is 20.2 Å². The zero-order valence-electron chi connectivity index (χ0n) is 20.9. The summed E-state index contributed by atoms with van der Waals surface area (Å²) in [6.07, 6.45) is 1.51. The average Bonchev–Trinajstić information content (AvgIpc) is 3.22. The van der Waals surface area contributed by atoms with Gasteiger partial charge in [0.25, 0.3) is 0 Å². The van der Waals surface area contributed by atoms with Crippen molar-refractivity contribution in [3.63, 3.8) is 0 Å². The first-order valence-electron chi connectivity index (χ1n) is 12.2. The van der Waals surface area contributed by atoms with Gasteiger partial charge >= 0.3 is 0 Å². The largest absolute Gasteiger partial charge is 0.384 e. The molecule has 1 aromatic carbocycles. The van der Waals surface area contributed by atoms with Crippen molar-refractivity contribution >= 4 is 29.3 Å². The second-order valence-electron chi connectivity index (χ2n) is 10.9. The molecule has 34 heavy (non-hydrogen) atoms. The Morgan fingerprint density at radius 3 is 2.32 bits per heavy atom. The topological polar surface area (TPSA) is 90.0 Å². The summed E-state index contributed by atoms with van der Waals surface area (Å²) < 4.78 is 0. The number of amides is 3. The van der Waals surface area contributed by atoms with E-state index in [-0.39, 0.29) is 29.6 Å². The summed E-state index contributed by atoms with van der Waals surface area (Å²) in [7, 11) is 0. The summed E-state index contributed by atoms with van der Waals surface area (Å²) in [4.78, 5) is 41.4. The lowest BCUT2D eigenvalue weighted by atomic mass is 9.66. The van der Waals surface area contributed by atoms with Gasteiger partial charge in [-0.1, -0.05) is 51.4 Å². The molecule has 2 N–H and O–H groups in total. The molecule has 2 fully saturated rings. The fourth-order valence-corrected chi connectivity index (χ4v) is 5.39. The van der Waals surface area contributed by atoms with E-state index in [1.54, 1.807) is 28.9 Å². The monoisotopic (exact) mass is 491 g/mol. The number of piperidine rings is 1. The van der Waals surface area contributed by atoms with Crippen LogP contribution in [-0.4, -0.2) is 64.8 Å². The molecule has 2 aliphatic rings. The van der Waals surface area contributed by atoms with Crippen LogP contribution in [-0.2, 0) is 20.0 Å². The van der Waals surface area contributed by atoms with Gasteiger partial charge in [0.15, 0.2) is 0 Å². The molecule has 0 spiro atoms. The number of carbonyl (C=O) groups is 3. The zero-order chi connectivity index (χ0) is 25.3. The van der Waals surface area contributed by atoms with Crippen LogP contribution in [0.2, 0.25) is 5.02 Å². The molecule has 0 aliphatic carbocycles. The molecule has 7 nitrogen and oxygen atoms in total. The number of nitrogens with zero attached hydrogens (tertiary/aromatic N) is 2. The van der Waals surface area contributed by atoms with E-state index in [1.807, 2.05) is 39.8 Å². The maximum atomic E-state index is 13.5. The summed E-state index contributed by atoms with van der Waals surface area (Å²) in [5, 5.41) is 15.2. The first-order valence-corrected chi connectivity index (χ1v) is 12.5. The van der Waals surface area contributed by atoms with Crippen molar-refractivity contribution in [2.75, 3.05) is 26.2 Å². The van der Waals surface area contributed by atoms with Crippen molar-refractivity contribution in [1.82, 2.24) is 15.1 Å². The molecule has 3 amide bonds. The lowest BCUT2D eigenvalue weighted by Crippen LogP contribution is -2.60. The third-order valence-corrected chi connectivity index (χ3v) is 7.79. The first-order chi connectivity index (χ1) is 15.8. The van der Waals surface area contributed by atoms with Crippen LogP contribution in [0.4, 0.5) is 0 Å². The van der Waals surface area contributed by atoms with E-state index < -0.39 is 17.1 Å². The molecule has 0 radical (unpaired) electrons. The fraction of sp³-hybridized carbons (Fsp3) is 0.654. The average molecular weight is 492 g/mol. The van der Waals surface area contributed by atoms with Crippen molar-refractivity contribution in [1.29, 1.82) is 0 Å². The summed E-state index contributed by atoms with van der Waals surface area (Å²) in [6.45, 7) is 11.4. The minimum absolute atomic E-state index is 0.0319. The lowest BCUT2D eigenvalue weighted by molar-refractivity contribution is -0.156. The number of aliphatic hydroxyl groups is 1. The Balaban J connectivity index is 1.65. The molecule has 2 aliphatic heterocycles. The number of hydrogen-bond donors (Lipinski definition) is 2. The number of halogens is 1. The molecule has 0 saturated carbocycles. The van der Waals surface area contributed by atoms with Crippen molar-refractivity contribution < 1.29 is 19.5 Å². The molecular weight excluding hydrogens is 454 g/mol. The molecule has 3 rings (SSSR count). The maximum Gasteiger partial charge on any atom is 0.245 e. The highest BCUT2D eigenvalue weighted by Crippen LogP contribution is 2.46. The van der Waals surface area contributed by atoms with Crippen LogP contribution in [0, 0.1) is 17.3 Å². The fourth-order valence-electron chi connectivity index (χ4n) is 5.26. The van der Waals surface area contributed by atoms with Crippen LogP contribution >= 0.6 is 11.6 Å². The molecule has 0 unspecified atom stereocenters. The number of hydrogen-bond acceptors (Lipinski definition) is 4. The normalized spacial score (nSPS) is 25.4. The quantitative estimate of drug-likeness (QED) is 0.639. The Labute approximate surface area is 207 Å². The standard InChI is InChI=1S/C26H38ClN3O4/c1-17(2)23(28-22(32)14-19-10-12-29(15-19)18(3)31)24(33)30-13-11-26(34,25(4,5)16-30)20-6-8-21(27)9-7-20/h6-9,17,19,23,34H,10-16H2,1-5H3,(H,28,32)/t19-,23+,26-/m0/s1. The van der Waals surface area contributed by atoms with Gasteiger partial charge in [0.05, 0.1) is 5.60 Å². The van der Waals surface area contributed by atoms with Crippen molar-refractivity contribution in [3.05, 3.63) is 34.9 Å². The van der Waals surface area contributed by atoms with E-state index in [9.17, 15) is 19.5 Å². The van der Waals surface area contributed by atoms with Gasteiger partial charge in [-0.2, -0.15) is 0 Å². The van der Waals surface area contributed by atoms with Crippen molar-refractivity contribution in [3.8, 4) is 0 Å². The summed E-state index contributed by atoms with van der Waals surface area (Å²) in [5.74, 6) is -0.198. The third-order valence-electron chi connectivity index (χ3n) is 7.54. The molecule has 3 atom stereocenters. The SMILES string of the molecule is CC(=O)N1CC[C@@H](CC(=O)N[C@@H](C(=O)N2CC[C@](O)(c3ccc(Cl)cc3)C(C)(C)C2)C(C)C)C1. The van der Waals surface area contributed by atoms with Gasteiger partial charge in [-0.25, -0.2) is 0 Å². The van der Waals surface area contributed by atoms with Gasteiger partial charge in [0, 0.05) is 50.0 Å². The van der Waals surface area contributed by atoms with Gasteiger partial charge in [-0.15, -0.1) is 0 Å². The van der Waals surface area contributed by atoms with E-state index in [4.69, 9.17) is 11.6 Å². The number of rotatable bonds is 6. The summed E-state index contributed by atoms with van der Waals surface area (Å²) >= 11 is 6.03. The van der Waals surface area contributed by atoms with E-state index in [0.29, 0.717) is 44.0 Å². The van der Waals surface area contributed by atoms with Gasteiger partial charge in [-0.3, -0.25) is 14.4 Å². The smallest absolute Gasteiger partial charge is 0.245 e. The highest BCUT2D eigenvalue weighted by Gasteiger charge is 2.50. The highest BCUT2D eigenvalue weighted by molar-refractivity contribution is 6.30. The highest BCUT2D eigenvalue weighted by atomic mass is 35.5. The Morgan fingerprint density at radius 1 is 1.15 bits per heavy atom. The number of carbonyl (C=O) groups excluding carboxylic acids is 3. The van der Waals surface area contributed by atoms with E-state index in [2.05, 4.69) is 5.32 Å². The van der Waals surface area contributed by atoms with Crippen molar-refractivity contribution in [2.24, 2.45) is 17.3 Å². The van der Waals surface area contributed by atoms with Crippen LogP contribution in [0.5, 0.6) is 0 Å². The molecule has 2 heterocycles. The molecule has 188 valence electrons. The van der Waals surface area contributed by atoms with Gasteiger partial charge in [0.2, 0.25) is 17.7 Å². The van der Waals surface area contributed by atoms with E-state index in [1.165, 1.54) is 0 Å². The second kappa shape index (κ2) is 10.2. The maximum absolute atomic E-state index is 13.5. The number of likely N-dealkylation sites (tertiary alicyclic amines) is 2. The molecule has 0 aromatic heterocycles.